The van der Waals surface area contributed by atoms with E-state index in [-0.39, 0.29) is 61.9 Å². The first-order valence-electron chi connectivity index (χ1n) is 29.6. The summed E-state index contributed by atoms with van der Waals surface area (Å²) in [7, 11) is 8.64. The molecule has 3 aliphatic rings. The number of nitrogens with zero attached hydrogens (tertiary/aromatic N) is 6. The number of ether oxygens (including phenoxy) is 7. The highest BCUT2D eigenvalue weighted by molar-refractivity contribution is 7.99. The van der Waals surface area contributed by atoms with Crippen LogP contribution in [0, 0.1) is 23.7 Å². The van der Waals surface area contributed by atoms with Crippen molar-refractivity contribution in [3.63, 3.8) is 0 Å². The Kier molecular flexibility index (Phi) is 25.8. The highest BCUT2D eigenvalue weighted by Crippen LogP contribution is 2.42. The summed E-state index contributed by atoms with van der Waals surface area (Å²) >= 11 is 1.41. The molecule has 5 rings (SSSR count). The number of pyridine rings is 2. The van der Waals surface area contributed by atoms with E-state index in [4.69, 9.17) is 38.0 Å². The molecule has 2 aromatic rings. The Balaban J connectivity index is 1.39. The van der Waals surface area contributed by atoms with E-state index in [0.29, 0.717) is 41.5 Å². The summed E-state index contributed by atoms with van der Waals surface area (Å²) < 4.78 is 46.6. The van der Waals surface area contributed by atoms with Crippen molar-refractivity contribution in [3.8, 4) is 0 Å². The van der Waals surface area contributed by atoms with Crippen LogP contribution in [0.1, 0.15) is 126 Å². The largest absolute Gasteiger partial charge is 0.477 e. The van der Waals surface area contributed by atoms with Crippen molar-refractivity contribution < 1.29 is 77.9 Å². The number of hydrogen-bond acceptors (Lipinski definition) is 23. The third-order valence-electron chi connectivity index (χ3n) is 17.2. The second-order valence-corrected chi connectivity index (χ2v) is 25.3. The molecule has 478 valence electrons. The van der Waals surface area contributed by atoms with Crippen LogP contribution in [-0.2, 0) is 47.6 Å². The summed E-state index contributed by atoms with van der Waals surface area (Å²) in [5.41, 5.74) is -5.32. The van der Waals surface area contributed by atoms with E-state index >= 15 is 0 Å². The lowest BCUT2D eigenvalue weighted by molar-refractivity contribution is -0.318. The molecule has 0 aromatic carbocycles. The number of fused-ring (bicyclic) bond motifs is 1. The number of carbonyl (C=O) groups excluding carboxylic acids is 2. The highest BCUT2D eigenvalue weighted by Gasteiger charge is 2.54. The zero-order valence-corrected chi connectivity index (χ0v) is 53.4. The molecule has 2 aromatic heterocycles. The smallest absolute Gasteiger partial charge is 0.341 e. The van der Waals surface area contributed by atoms with Gasteiger partial charge in [-0.05, 0) is 94.1 Å². The molecular formula is C59H99N7O17S. The van der Waals surface area contributed by atoms with Crippen LogP contribution in [-0.4, -0.2) is 233 Å². The number of methoxy groups -OCH3 is 1. The number of likely N-dealkylation sites (N-methyl/N-ethyl adjacent to an activating group) is 2. The van der Waals surface area contributed by atoms with E-state index in [0.717, 1.165) is 13.1 Å². The maximum atomic E-state index is 14.8. The Labute approximate surface area is 500 Å². The van der Waals surface area contributed by atoms with E-state index in [2.05, 4.69) is 34.2 Å². The van der Waals surface area contributed by atoms with Gasteiger partial charge in [0.25, 0.3) is 0 Å². The minimum absolute atomic E-state index is 0.00157. The van der Waals surface area contributed by atoms with Crippen molar-refractivity contribution in [3.05, 3.63) is 34.2 Å². The molecule has 0 saturated carbocycles. The fourth-order valence-corrected chi connectivity index (χ4v) is 12.9. The van der Waals surface area contributed by atoms with Crippen LogP contribution in [0.4, 0.5) is 0 Å². The third kappa shape index (κ3) is 17.2. The van der Waals surface area contributed by atoms with Crippen molar-refractivity contribution in [1.29, 1.82) is 0 Å². The van der Waals surface area contributed by atoms with Crippen LogP contribution in [0.5, 0.6) is 0 Å². The molecule has 24 nitrogen and oxygen atoms in total. The van der Waals surface area contributed by atoms with Crippen LogP contribution < -0.4 is 15.8 Å². The standard InChI is InChI=1S/C59H99N7O17S/c1-18-43-59(12,75)50(70)35(6)46(62-77-25-24-65(19-2)20-3)33(4)29-57(10,74)51(83-56-48(69)42(63(13)14)27-34(5)78-56)36(7)49(37(8)55(73)80-43)82-45-30-58(11,76-17)52(38(9)79-45)81-44(67)21-22-60-23-26-84-39-28-40-47(68)41(54(71)72)32-66(64(15)16)53(40)61-31-39/h28,31-38,42-43,45,48-52,56,60,69-70,74-75H,18-27,29-30H2,1-17H3,(H,71,72)/t33-,34-,35?,36+,37-,38+,42+,43-,45+,48-,49+,50-,51-,52+,56+,57-,58-,59-/m1/s1. The lowest BCUT2D eigenvalue weighted by Gasteiger charge is -2.49. The minimum Gasteiger partial charge on any atom is -0.477 e. The number of carboxylic acid groups (broad SMARTS) is 1. The van der Waals surface area contributed by atoms with E-state index in [1.54, 1.807) is 79.8 Å². The number of aliphatic hydroxyl groups is 4. The summed E-state index contributed by atoms with van der Waals surface area (Å²) in [6, 6.07) is 1.26. The van der Waals surface area contributed by atoms with Gasteiger partial charge in [-0.1, -0.05) is 46.7 Å². The second-order valence-electron chi connectivity index (χ2n) is 24.2. The topological polar surface area (TPSA) is 295 Å². The molecule has 5 heterocycles. The predicted octanol–water partition coefficient (Wildman–Crippen LogP) is 3.86. The summed E-state index contributed by atoms with van der Waals surface area (Å²) in [6.07, 6.45) is -7.28. The number of carboxylic acids is 1. The van der Waals surface area contributed by atoms with Crippen LogP contribution in [0.25, 0.3) is 11.0 Å². The van der Waals surface area contributed by atoms with Gasteiger partial charge in [0.2, 0.25) is 5.43 Å². The number of carbonyl (C=O) groups is 3. The first-order valence-corrected chi connectivity index (χ1v) is 30.6. The molecular weight excluding hydrogens is 1110 g/mol. The number of cyclic esters (lactones) is 1. The monoisotopic (exact) mass is 1210 g/mol. The summed E-state index contributed by atoms with van der Waals surface area (Å²) in [4.78, 5) is 68.4. The fraction of sp³-hybridized carbons (Fsp3) is 0.797. The molecule has 3 fully saturated rings. The average molecular weight is 1210 g/mol. The van der Waals surface area contributed by atoms with Crippen LogP contribution >= 0.6 is 11.8 Å². The summed E-state index contributed by atoms with van der Waals surface area (Å²) in [5, 5.41) is 68.7. The molecule has 25 heteroatoms. The van der Waals surface area contributed by atoms with E-state index in [1.165, 1.54) is 36.7 Å². The molecule has 1 unspecified atom stereocenters. The first kappa shape index (κ1) is 70.7. The second kappa shape index (κ2) is 30.7. The molecule has 0 spiro atoms. The number of oxime groups is 1. The number of aromatic nitrogens is 2. The molecule has 3 aliphatic heterocycles. The predicted molar refractivity (Wildman–Crippen MR) is 318 cm³/mol. The van der Waals surface area contributed by atoms with Crippen LogP contribution in [0.15, 0.2) is 33.3 Å². The van der Waals surface area contributed by atoms with Crippen molar-refractivity contribution in [2.75, 3.05) is 85.4 Å². The van der Waals surface area contributed by atoms with Crippen molar-refractivity contribution in [2.45, 2.75) is 204 Å². The summed E-state index contributed by atoms with van der Waals surface area (Å²) in [5.74, 6) is -5.63. The van der Waals surface area contributed by atoms with Gasteiger partial charge < -0.3 is 83.7 Å². The number of esters is 2. The Morgan fingerprint density at radius 1 is 0.940 bits per heavy atom. The average Bonchev–Trinajstić information content (AvgIpc) is 2.25. The SMILES string of the molecule is CC[C@H]1OC(=O)[C@H](C)[C@@H](O[C@H]2C[C@@](C)(OC)[C@@H](OC(=O)CCNCCSc3cnc4c(c3)c(=O)c(C(=O)O)cn4N(C)C)[C@H](C)O2)[C@H](C)[C@@H](O[C@@H]2O[C@H](C)C[C@H](N(C)C)[C@H]2O)[C@](C)(O)C[C@@H](C)C(=NOCCN(CC)CC)C(C)[C@@H](O)[C@]1(C)O. The van der Waals surface area contributed by atoms with Crippen molar-refractivity contribution in [1.82, 2.24) is 24.8 Å². The van der Waals surface area contributed by atoms with E-state index in [1.807, 2.05) is 32.8 Å². The lowest BCUT2D eigenvalue weighted by atomic mass is 9.73. The molecule has 3 saturated heterocycles. The van der Waals surface area contributed by atoms with Gasteiger partial charge in [0.15, 0.2) is 24.3 Å². The quantitative estimate of drug-likeness (QED) is 0.0398. The Bertz CT molecular complexity index is 2570. The number of hydrogen-bond donors (Lipinski definition) is 6. The zero-order valence-electron chi connectivity index (χ0n) is 52.6. The van der Waals surface area contributed by atoms with Gasteiger partial charge >= 0.3 is 17.9 Å². The van der Waals surface area contributed by atoms with Gasteiger partial charge in [0.05, 0.1) is 59.6 Å². The lowest BCUT2D eigenvalue weighted by Crippen LogP contribution is -2.61. The summed E-state index contributed by atoms with van der Waals surface area (Å²) in [6.45, 7) is 24.4. The van der Waals surface area contributed by atoms with E-state index < -0.39 is 119 Å². The zero-order chi connectivity index (χ0) is 62.8. The number of nitrogens with one attached hydrogen (secondary N) is 1. The maximum Gasteiger partial charge on any atom is 0.341 e. The number of rotatable bonds is 23. The van der Waals surface area contributed by atoms with Gasteiger partial charge in [0, 0.05) is 94.1 Å². The molecule has 6 N–H and O–H groups in total. The third-order valence-corrected chi connectivity index (χ3v) is 18.1. The first-order chi connectivity index (χ1) is 39.4. The number of thioether (sulfide) groups is 1. The van der Waals surface area contributed by atoms with Crippen molar-refractivity contribution in [2.24, 2.45) is 28.8 Å². The number of aromatic carboxylic acids is 1. The highest BCUT2D eigenvalue weighted by atomic mass is 32.2. The molecule has 0 bridgehead atoms. The van der Waals surface area contributed by atoms with Gasteiger partial charge in [-0.3, -0.25) is 14.4 Å². The maximum absolute atomic E-state index is 14.8. The normalized spacial score (nSPS) is 35.2. The fourth-order valence-electron chi connectivity index (χ4n) is 12.1. The molecule has 84 heavy (non-hydrogen) atoms. The Hall–Kier alpha value is -4.09. The van der Waals surface area contributed by atoms with Gasteiger partial charge in [0.1, 0.15) is 35.6 Å². The van der Waals surface area contributed by atoms with Gasteiger partial charge in [-0.2, -0.15) is 0 Å². The molecule has 0 aliphatic carbocycles. The van der Waals surface area contributed by atoms with Crippen LogP contribution in [0.2, 0.25) is 0 Å². The van der Waals surface area contributed by atoms with Crippen molar-refractivity contribution >= 4 is 46.4 Å². The van der Waals surface area contributed by atoms with Crippen LogP contribution in [0.3, 0.4) is 0 Å². The van der Waals surface area contributed by atoms with E-state index in [9.17, 15) is 44.7 Å². The molecule has 18 atom stereocenters. The van der Waals surface area contributed by atoms with Gasteiger partial charge in [-0.15, -0.1) is 11.8 Å². The Morgan fingerprint density at radius 2 is 1.62 bits per heavy atom. The van der Waals surface area contributed by atoms with Gasteiger partial charge in [-0.25, -0.2) is 14.5 Å². The Morgan fingerprint density at radius 3 is 2.23 bits per heavy atom. The number of aliphatic hydroxyl groups excluding tert-OH is 2. The minimum atomic E-state index is -2.00. The molecule has 0 radical (unpaired) electrons. The molecule has 0 amide bonds.